The molecule has 0 saturated carbocycles. The fourth-order valence-corrected chi connectivity index (χ4v) is 4.17. The SMILES string of the molecule is O=C(CCC(=O)N1CCN(C(=O)c2cc(F)c(Cl)cc2F)CC1)c1ccc(-c2ccccc2)cc1. The molecule has 0 unspecified atom stereocenters. The maximum absolute atomic E-state index is 14.1. The molecule has 180 valence electrons. The highest BCUT2D eigenvalue weighted by atomic mass is 35.5. The topological polar surface area (TPSA) is 57.7 Å². The van der Waals surface area contributed by atoms with Crippen molar-refractivity contribution < 1.29 is 23.2 Å². The van der Waals surface area contributed by atoms with Crippen molar-refractivity contribution in [2.24, 2.45) is 0 Å². The van der Waals surface area contributed by atoms with E-state index >= 15 is 0 Å². The molecule has 1 heterocycles. The van der Waals surface area contributed by atoms with Gasteiger partial charge in [0.2, 0.25) is 5.91 Å². The maximum Gasteiger partial charge on any atom is 0.257 e. The molecular weight excluding hydrogens is 474 g/mol. The van der Waals surface area contributed by atoms with Gasteiger partial charge in [0.05, 0.1) is 10.6 Å². The van der Waals surface area contributed by atoms with Crippen LogP contribution in [0.4, 0.5) is 8.78 Å². The predicted octanol–water partition coefficient (Wildman–Crippen LogP) is 5.23. The molecule has 4 rings (SSSR count). The van der Waals surface area contributed by atoms with Gasteiger partial charge < -0.3 is 9.80 Å². The molecule has 1 fully saturated rings. The Morgan fingerprint density at radius 2 is 1.34 bits per heavy atom. The average Bonchev–Trinajstić information content (AvgIpc) is 2.89. The van der Waals surface area contributed by atoms with E-state index in [1.54, 1.807) is 17.0 Å². The molecule has 0 atom stereocenters. The number of ketones is 1. The summed E-state index contributed by atoms with van der Waals surface area (Å²) in [6.45, 7) is 0.872. The van der Waals surface area contributed by atoms with Gasteiger partial charge in [-0.3, -0.25) is 14.4 Å². The second kappa shape index (κ2) is 10.8. The monoisotopic (exact) mass is 496 g/mol. The molecule has 1 aliphatic rings. The molecule has 0 aliphatic carbocycles. The van der Waals surface area contributed by atoms with Gasteiger partial charge in [-0.25, -0.2) is 8.78 Å². The van der Waals surface area contributed by atoms with Crippen LogP contribution in [0.25, 0.3) is 11.1 Å². The first-order valence-electron chi connectivity index (χ1n) is 11.2. The third kappa shape index (κ3) is 5.74. The molecule has 5 nitrogen and oxygen atoms in total. The highest BCUT2D eigenvalue weighted by Gasteiger charge is 2.27. The maximum atomic E-state index is 14.1. The van der Waals surface area contributed by atoms with Crippen LogP contribution in [0.1, 0.15) is 33.6 Å². The molecule has 0 aromatic heterocycles. The lowest BCUT2D eigenvalue weighted by atomic mass is 10.0. The van der Waals surface area contributed by atoms with E-state index in [-0.39, 0.29) is 50.7 Å². The lowest BCUT2D eigenvalue weighted by molar-refractivity contribution is -0.132. The Labute approximate surface area is 206 Å². The zero-order valence-electron chi connectivity index (χ0n) is 18.8. The summed E-state index contributed by atoms with van der Waals surface area (Å²) in [7, 11) is 0. The molecule has 0 radical (unpaired) electrons. The number of carbonyl (C=O) groups excluding carboxylic acids is 3. The van der Waals surface area contributed by atoms with Crippen molar-refractivity contribution in [2.75, 3.05) is 26.2 Å². The highest BCUT2D eigenvalue weighted by Crippen LogP contribution is 2.22. The minimum Gasteiger partial charge on any atom is -0.339 e. The molecule has 0 bridgehead atoms. The first kappa shape index (κ1) is 24.5. The molecule has 1 saturated heterocycles. The van der Waals surface area contributed by atoms with Gasteiger partial charge in [-0.1, -0.05) is 66.2 Å². The molecule has 8 heteroatoms. The van der Waals surface area contributed by atoms with Crippen LogP contribution in [0, 0.1) is 11.6 Å². The average molecular weight is 497 g/mol. The number of rotatable bonds is 6. The third-order valence-electron chi connectivity index (χ3n) is 6.04. The van der Waals surface area contributed by atoms with Crippen LogP contribution in [-0.2, 0) is 4.79 Å². The third-order valence-corrected chi connectivity index (χ3v) is 6.33. The van der Waals surface area contributed by atoms with E-state index in [2.05, 4.69) is 0 Å². The normalized spacial score (nSPS) is 13.6. The lowest BCUT2D eigenvalue weighted by Crippen LogP contribution is -2.50. The summed E-state index contributed by atoms with van der Waals surface area (Å²) in [4.78, 5) is 40.7. The summed E-state index contributed by atoms with van der Waals surface area (Å²) in [6, 6.07) is 18.7. The van der Waals surface area contributed by atoms with Crippen LogP contribution in [0.5, 0.6) is 0 Å². The van der Waals surface area contributed by atoms with Gasteiger partial charge in [-0.15, -0.1) is 0 Å². The van der Waals surface area contributed by atoms with Crippen LogP contribution >= 0.6 is 11.6 Å². The predicted molar refractivity (Wildman–Crippen MR) is 129 cm³/mol. The van der Waals surface area contributed by atoms with E-state index in [1.807, 2.05) is 42.5 Å². The number of Topliss-reactive ketones (excluding diaryl/α,β-unsaturated/α-hetero) is 1. The summed E-state index contributed by atoms with van der Waals surface area (Å²) in [6.07, 6.45) is 0.141. The van der Waals surface area contributed by atoms with E-state index in [0.29, 0.717) is 5.56 Å². The molecule has 0 N–H and O–H groups in total. The number of benzene rings is 3. The van der Waals surface area contributed by atoms with E-state index in [4.69, 9.17) is 11.6 Å². The molecule has 1 aliphatic heterocycles. The number of hydrogen-bond donors (Lipinski definition) is 0. The van der Waals surface area contributed by atoms with Crippen molar-refractivity contribution in [3.05, 3.63) is 94.5 Å². The Balaban J connectivity index is 1.27. The van der Waals surface area contributed by atoms with Crippen molar-refractivity contribution in [2.45, 2.75) is 12.8 Å². The zero-order valence-corrected chi connectivity index (χ0v) is 19.6. The van der Waals surface area contributed by atoms with E-state index in [0.717, 1.165) is 23.3 Å². The summed E-state index contributed by atoms with van der Waals surface area (Å²) < 4.78 is 27.7. The number of halogens is 3. The number of amides is 2. The quantitative estimate of drug-likeness (QED) is 0.347. The van der Waals surface area contributed by atoms with Crippen molar-refractivity contribution >= 4 is 29.2 Å². The fourth-order valence-electron chi connectivity index (χ4n) is 4.02. The largest absolute Gasteiger partial charge is 0.339 e. The van der Waals surface area contributed by atoms with E-state index in [9.17, 15) is 23.2 Å². The first-order chi connectivity index (χ1) is 16.8. The molecule has 0 spiro atoms. The van der Waals surface area contributed by atoms with Gasteiger partial charge in [0, 0.05) is 44.6 Å². The molecule has 2 amide bonds. The van der Waals surface area contributed by atoms with E-state index in [1.165, 1.54) is 4.90 Å². The van der Waals surface area contributed by atoms with Crippen LogP contribution in [-0.4, -0.2) is 53.6 Å². The molecule has 35 heavy (non-hydrogen) atoms. The summed E-state index contributed by atoms with van der Waals surface area (Å²) in [5.74, 6) is -2.72. The number of nitrogens with zero attached hydrogens (tertiary/aromatic N) is 2. The fraction of sp³-hybridized carbons (Fsp3) is 0.222. The van der Waals surface area contributed by atoms with Gasteiger partial charge in [0.1, 0.15) is 11.6 Å². The standard InChI is InChI=1S/C27H23ClF2N2O3/c28-22-17-23(29)21(16-24(22)30)27(35)32-14-12-31(13-15-32)26(34)11-10-25(33)20-8-6-19(7-9-20)18-4-2-1-3-5-18/h1-9,16-17H,10-15H2. The molecule has 3 aromatic carbocycles. The van der Waals surface area contributed by atoms with Crippen LogP contribution < -0.4 is 0 Å². The Bertz CT molecular complexity index is 1240. The van der Waals surface area contributed by atoms with Gasteiger partial charge in [0.25, 0.3) is 5.91 Å². The van der Waals surface area contributed by atoms with Gasteiger partial charge in [-0.2, -0.15) is 0 Å². The summed E-state index contributed by atoms with van der Waals surface area (Å²) in [5, 5.41) is -0.392. The van der Waals surface area contributed by atoms with Crippen molar-refractivity contribution in [1.82, 2.24) is 9.80 Å². The second-order valence-corrected chi connectivity index (χ2v) is 8.69. The van der Waals surface area contributed by atoms with Crippen LogP contribution in [0.15, 0.2) is 66.7 Å². The number of hydrogen-bond acceptors (Lipinski definition) is 3. The lowest BCUT2D eigenvalue weighted by Gasteiger charge is -2.35. The number of carbonyl (C=O) groups is 3. The van der Waals surface area contributed by atoms with Gasteiger partial charge >= 0.3 is 0 Å². The summed E-state index contributed by atoms with van der Waals surface area (Å²) >= 11 is 5.55. The Morgan fingerprint density at radius 1 is 0.743 bits per heavy atom. The Morgan fingerprint density at radius 3 is 2.00 bits per heavy atom. The van der Waals surface area contributed by atoms with Crippen molar-refractivity contribution in [3.8, 4) is 11.1 Å². The van der Waals surface area contributed by atoms with Crippen LogP contribution in [0.3, 0.4) is 0 Å². The molecule has 3 aromatic rings. The zero-order chi connectivity index (χ0) is 24.9. The van der Waals surface area contributed by atoms with Crippen molar-refractivity contribution in [1.29, 1.82) is 0 Å². The van der Waals surface area contributed by atoms with Crippen LogP contribution in [0.2, 0.25) is 5.02 Å². The summed E-state index contributed by atoms with van der Waals surface area (Å²) in [5.41, 5.74) is 2.22. The van der Waals surface area contributed by atoms with Crippen molar-refractivity contribution in [3.63, 3.8) is 0 Å². The minimum absolute atomic E-state index is 0.0598. The molecular formula is C27H23ClF2N2O3. The second-order valence-electron chi connectivity index (χ2n) is 8.29. The van der Waals surface area contributed by atoms with Gasteiger partial charge in [0.15, 0.2) is 5.78 Å². The Kier molecular flexibility index (Phi) is 7.56. The smallest absolute Gasteiger partial charge is 0.257 e. The number of piperazine rings is 1. The highest BCUT2D eigenvalue weighted by molar-refractivity contribution is 6.30. The minimum atomic E-state index is -0.893. The first-order valence-corrected chi connectivity index (χ1v) is 11.6. The van der Waals surface area contributed by atoms with Gasteiger partial charge in [-0.05, 0) is 23.3 Å². The Hall–Kier alpha value is -3.58. The van der Waals surface area contributed by atoms with E-state index < -0.39 is 28.1 Å².